The summed E-state index contributed by atoms with van der Waals surface area (Å²) in [5.74, 6) is 0. The molecule has 1 fully saturated rings. The number of likely N-dealkylation sites (tertiary alicyclic amines) is 1. The zero-order valence-electron chi connectivity index (χ0n) is 18.5. The van der Waals surface area contributed by atoms with Crippen LogP contribution in [-0.4, -0.2) is 36.1 Å². The normalized spacial score (nSPS) is 14.7. The number of aromatic nitrogens is 1. The van der Waals surface area contributed by atoms with Crippen molar-refractivity contribution in [2.75, 3.05) is 31.5 Å². The first-order valence-electron chi connectivity index (χ1n) is 11.5. The van der Waals surface area contributed by atoms with Crippen LogP contribution in [0.2, 0.25) is 0 Å². The van der Waals surface area contributed by atoms with Crippen LogP contribution < -0.4 is 16.2 Å². The Bertz CT molecular complexity index is 1660. The van der Waals surface area contributed by atoms with Gasteiger partial charge < -0.3 is 19.6 Å². The molecule has 0 amide bonds. The third-order valence-electron chi connectivity index (χ3n) is 6.72. The van der Waals surface area contributed by atoms with Gasteiger partial charge in [-0.1, -0.05) is 30.3 Å². The number of hydrogen-bond acceptors (Lipinski definition) is 5. The molecule has 0 saturated carbocycles. The molecule has 1 aliphatic rings. The molecule has 0 bridgehead atoms. The molecule has 6 rings (SSSR count). The minimum absolute atomic E-state index is 0.136. The standard InChI is InChI=1S/C27H25N3O3/c1-16-8-9-19-21(14-16)33-22-15-20(28-10-13-30-11-4-5-12-30)23-24(25(22)29-19)27(32)18-7-3-2-6-17(18)26(23)31/h2-3,6-9,14-15,28-29H,4-5,10-13H2,1H3. The number of nitrogens with zero attached hydrogens (tertiary/aromatic N) is 1. The molecule has 1 aromatic heterocycles. The molecule has 6 nitrogen and oxygen atoms in total. The van der Waals surface area contributed by atoms with Crippen molar-refractivity contribution in [3.05, 3.63) is 74.5 Å². The van der Waals surface area contributed by atoms with Crippen LogP contribution >= 0.6 is 0 Å². The van der Waals surface area contributed by atoms with Crippen molar-refractivity contribution in [3.63, 3.8) is 0 Å². The lowest BCUT2D eigenvalue weighted by Crippen LogP contribution is -2.26. The Balaban J connectivity index is 1.64. The molecule has 5 aromatic rings. The molecule has 0 aliphatic carbocycles. The average Bonchev–Trinajstić information content (AvgIpc) is 3.34. The molecule has 1 aliphatic heterocycles. The summed E-state index contributed by atoms with van der Waals surface area (Å²) in [6.07, 6.45) is 2.46. The first kappa shape index (κ1) is 20.0. The zero-order chi connectivity index (χ0) is 22.5. The summed E-state index contributed by atoms with van der Waals surface area (Å²) in [6.45, 7) is 5.82. The van der Waals surface area contributed by atoms with E-state index >= 15 is 0 Å². The molecule has 2 N–H and O–H groups in total. The zero-order valence-corrected chi connectivity index (χ0v) is 18.5. The summed E-state index contributed by atoms with van der Waals surface area (Å²) in [7, 11) is 0. The van der Waals surface area contributed by atoms with Gasteiger partial charge in [-0.3, -0.25) is 9.59 Å². The maximum Gasteiger partial charge on any atom is 0.196 e. The van der Waals surface area contributed by atoms with Crippen molar-refractivity contribution >= 4 is 49.4 Å². The Morgan fingerprint density at radius 1 is 0.939 bits per heavy atom. The van der Waals surface area contributed by atoms with E-state index in [1.54, 1.807) is 24.3 Å². The minimum atomic E-state index is -0.161. The number of aryl methyl sites for hydroxylation is 1. The molecule has 0 spiro atoms. The van der Waals surface area contributed by atoms with Crippen LogP contribution in [0.4, 0.5) is 5.69 Å². The number of benzene rings is 4. The van der Waals surface area contributed by atoms with Gasteiger partial charge in [0.15, 0.2) is 22.0 Å². The maximum absolute atomic E-state index is 13.6. The van der Waals surface area contributed by atoms with Gasteiger partial charge in [-0.05, 0) is 50.6 Å². The van der Waals surface area contributed by atoms with E-state index in [0.29, 0.717) is 50.5 Å². The Morgan fingerprint density at radius 3 is 2.42 bits per heavy atom. The van der Waals surface area contributed by atoms with Crippen LogP contribution in [0.15, 0.2) is 62.5 Å². The van der Waals surface area contributed by atoms with E-state index in [1.807, 2.05) is 31.2 Å². The van der Waals surface area contributed by atoms with E-state index < -0.39 is 0 Å². The lowest BCUT2D eigenvalue weighted by atomic mass is 9.99. The predicted molar refractivity (Wildman–Crippen MR) is 135 cm³/mol. The third-order valence-corrected chi connectivity index (χ3v) is 6.72. The first-order valence-corrected chi connectivity index (χ1v) is 11.5. The second-order valence-corrected chi connectivity index (χ2v) is 8.95. The van der Waals surface area contributed by atoms with Crippen LogP contribution in [0.5, 0.6) is 0 Å². The first-order chi connectivity index (χ1) is 16.1. The van der Waals surface area contributed by atoms with Crippen molar-refractivity contribution < 1.29 is 4.42 Å². The summed E-state index contributed by atoms with van der Waals surface area (Å²) >= 11 is 0. The molecule has 2 heterocycles. The molecule has 1 saturated heterocycles. The van der Waals surface area contributed by atoms with Crippen molar-refractivity contribution in [1.82, 2.24) is 9.88 Å². The average molecular weight is 440 g/mol. The third kappa shape index (κ3) is 3.29. The molecule has 0 atom stereocenters. The van der Waals surface area contributed by atoms with Crippen LogP contribution in [0, 0.1) is 6.92 Å². The van der Waals surface area contributed by atoms with Gasteiger partial charge >= 0.3 is 0 Å². The van der Waals surface area contributed by atoms with E-state index in [-0.39, 0.29) is 10.9 Å². The molecule has 0 radical (unpaired) electrons. The van der Waals surface area contributed by atoms with Crippen LogP contribution in [0.3, 0.4) is 0 Å². The summed E-state index contributed by atoms with van der Waals surface area (Å²) in [6, 6.07) is 14.8. The molecule has 6 heteroatoms. The number of rotatable bonds is 4. The van der Waals surface area contributed by atoms with Gasteiger partial charge in [-0.2, -0.15) is 0 Å². The highest BCUT2D eigenvalue weighted by Crippen LogP contribution is 2.31. The second-order valence-electron chi connectivity index (χ2n) is 8.95. The second kappa shape index (κ2) is 7.74. The SMILES string of the molecule is Cc1ccc2[nH]c3c(cc(NCCN4CCCC4)c4c(=O)c5ccccc5c(=O)c43)oc2c1. The fourth-order valence-electron chi connectivity index (χ4n) is 5.04. The van der Waals surface area contributed by atoms with Crippen LogP contribution in [0.25, 0.3) is 43.7 Å². The lowest BCUT2D eigenvalue weighted by molar-refractivity contribution is 0.353. The predicted octanol–water partition coefficient (Wildman–Crippen LogP) is 4.76. The largest absolute Gasteiger partial charge is 0.453 e. The lowest BCUT2D eigenvalue weighted by Gasteiger charge is -2.17. The Labute approximate surface area is 189 Å². The topological polar surface area (TPSA) is 78.3 Å². The summed E-state index contributed by atoms with van der Waals surface area (Å²) in [5.41, 5.74) is 4.03. The summed E-state index contributed by atoms with van der Waals surface area (Å²) in [5, 5.41) is 5.13. The van der Waals surface area contributed by atoms with Gasteiger partial charge in [0.1, 0.15) is 0 Å². The Morgan fingerprint density at radius 2 is 1.67 bits per heavy atom. The number of fused-ring (bicyclic) bond motifs is 5. The van der Waals surface area contributed by atoms with Gasteiger partial charge in [-0.25, -0.2) is 0 Å². The van der Waals surface area contributed by atoms with Crippen molar-refractivity contribution in [2.24, 2.45) is 0 Å². The fourth-order valence-corrected chi connectivity index (χ4v) is 5.04. The van der Waals surface area contributed by atoms with Crippen molar-refractivity contribution in [2.45, 2.75) is 19.8 Å². The van der Waals surface area contributed by atoms with E-state index in [9.17, 15) is 9.59 Å². The monoisotopic (exact) mass is 439 g/mol. The van der Waals surface area contributed by atoms with Gasteiger partial charge in [0.2, 0.25) is 0 Å². The van der Waals surface area contributed by atoms with Gasteiger partial charge in [0.05, 0.1) is 27.5 Å². The maximum atomic E-state index is 13.6. The highest BCUT2D eigenvalue weighted by Gasteiger charge is 2.19. The Kier molecular flexibility index (Phi) is 4.69. The van der Waals surface area contributed by atoms with E-state index in [4.69, 9.17) is 4.42 Å². The molecule has 4 aromatic carbocycles. The van der Waals surface area contributed by atoms with Crippen molar-refractivity contribution in [3.8, 4) is 0 Å². The fraction of sp³-hybridized carbons (Fsp3) is 0.259. The number of hydrogen-bond donors (Lipinski definition) is 2. The minimum Gasteiger partial charge on any atom is -0.453 e. The van der Waals surface area contributed by atoms with Crippen molar-refractivity contribution in [1.29, 1.82) is 0 Å². The van der Waals surface area contributed by atoms with Crippen LogP contribution in [0.1, 0.15) is 18.4 Å². The molecule has 0 unspecified atom stereocenters. The van der Waals surface area contributed by atoms with Crippen LogP contribution in [-0.2, 0) is 0 Å². The molecule has 166 valence electrons. The van der Waals surface area contributed by atoms with E-state index in [2.05, 4.69) is 15.2 Å². The molecular formula is C27H25N3O3. The molecule has 33 heavy (non-hydrogen) atoms. The summed E-state index contributed by atoms with van der Waals surface area (Å²) in [4.78, 5) is 33.0. The number of nitrogens with one attached hydrogen (secondary N) is 2. The van der Waals surface area contributed by atoms with Gasteiger partial charge in [0, 0.05) is 29.9 Å². The highest BCUT2D eigenvalue weighted by atomic mass is 16.3. The quantitative estimate of drug-likeness (QED) is 0.312. The summed E-state index contributed by atoms with van der Waals surface area (Å²) < 4.78 is 6.24. The number of H-pyrrole nitrogens is 1. The van der Waals surface area contributed by atoms with E-state index in [0.717, 1.165) is 30.7 Å². The number of aromatic amines is 1. The van der Waals surface area contributed by atoms with E-state index in [1.165, 1.54) is 12.8 Å². The molecular weight excluding hydrogens is 414 g/mol. The Hall–Kier alpha value is -3.64. The highest BCUT2D eigenvalue weighted by molar-refractivity contribution is 6.14. The number of anilines is 1. The van der Waals surface area contributed by atoms with Gasteiger partial charge in [0.25, 0.3) is 0 Å². The smallest absolute Gasteiger partial charge is 0.196 e. The van der Waals surface area contributed by atoms with Gasteiger partial charge in [-0.15, -0.1) is 0 Å².